The van der Waals surface area contributed by atoms with Crippen LogP contribution in [0.5, 0.6) is 0 Å². The third-order valence-corrected chi connectivity index (χ3v) is 4.16. The van der Waals surface area contributed by atoms with Gasteiger partial charge in [0, 0.05) is 17.0 Å². The molecule has 0 aliphatic heterocycles. The zero-order valence-corrected chi connectivity index (χ0v) is 13.8. The van der Waals surface area contributed by atoms with Crippen molar-refractivity contribution in [1.82, 2.24) is 10.2 Å². The molecule has 4 rings (SSSR count). The summed E-state index contributed by atoms with van der Waals surface area (Å²) in [6.07, 6.45) is 0. The fraction of sp³-hybridized carbons (Fsp3) is 0. The minimum atomic E-state index is -0.679. The number of amides is 1. The number of nitrogens with one attached hydrogen (secondary N) is 2. The number of carbonyl (C=O) groups is 1. The number of hydrogen-bond acceptors (Lipinski definition) is 2. The molecular formula is C20H12F3N3O. The Balaban J connectivity index is 1.67. The van der Waals surface area contributed by atoms with Gasteiger partial charge in [0.1, 0.15) is 17.5 Å². The molecule has 3 aromatic carbocycles. The van der Waals surface area contributed by atoms with E-state index in [1.165, 1.54) is 30.3 Å². The minimum Gasteiger partial charge on any atom is -0.304 e. The van der Waals surface area contributed by atoms with Crippen LogP contribution >= 0.6 is 0 Å². The lowest BCUT2D eigenvalue weighted by Crippen LogP contribution is -2.14. The molecule has 0 saturated heterocycles. The van der Waals surface area contributed by atoms with E-state index >= 15 is 0 Å². The molecule has 0 spiro atoms. The van der Waals surface area contributed by atoms with Gasteiger partial charge in [-0.25, -0.2) is 13.2 Å². The molecule has 0 unspecified atom stereocenters. The van der Waals surface area contributed by atoms with E-state index in [1.54, 1.807) is 24.3 Å². The Morgan fingerprint density at radius 1 is 0.926 bits per heavy atom. The third-order valence-electron chi connectivity index (χ3n) is 4.16. The number of aromatic nitrogens is 2. The second kappa shape index (κ2) is 6.60. The van der Waals surface area contributed by atoms with E-state index < -0.39 is 23.4 Å². The number of aromatic amines is 1. The molecule has 1 amide bonds. The number of benzene rings is 3. The van der Waals surface area contributed by atoms with Crippen LogP contribution in [0.2, 0.25) is 0 Å². The van der Waals surface area contributed by atoms with E-state index in [4.69, 9.17) is 0 Å². The summed E-state index contributed by atoms with van der Waals surface area (Å²) in [5.41, 5.74) is 1.21. The lowest BCUT2D eigenvalue weighted by Gasteiger charge is -2.05. The highest BCUT2D eigenvalue weighted by molar-refractivity contribution is 6.08. The Bertz CT molecular complexity index is 1170. The van der Waals surface area contributed by atoms with E-state index in [-0.39, 0.29) is 16.9 Å². The molecule has 27 heavy (non-hydrogen) atoms. The molecule has 0 aliphatic carbocycles. The van der Waals surface area contributed by atoms with E-state index in [9.17, 15) is 18.0 Å². The first-order valence-electron chi connectivity index (χ1n) is 8.02. The van der Waals surface area contributed by atoms with Gasteiger partial charge in [-0.1, -0.05) is 18.2 Å². The maximum Gasteiger partial charge on any atom is 0.259 e. The average Bonchev–Trinajstić information content (AvgIpc) is 3.04. The van der Waals surface area contributed by atoms with Gasteiger partial charge in [0.15, 0.2) is 5.82 Å². The number of nitrogens with zero attached hydrogens (tertiary/aromatic N) is 1. The third kappa shape index (κ3) is 3.15. The zero-order valence-electron chi connectivity index (χ0n) is 13.8. The maximum absolute atomic E-state index is 14.0. The van der Waals surface area contributed by atoms with E-state index in [2.05, 4.69) is 15.5 Å². The number of hydrogen-bond donors (Lipinski definition) is 2. The number of halogens is 3. The molecule has 1 heterocycles. The quantitative estimate of drug-likeness (QED) is 0.541. The molecular weight excluding hydrogens is 355 g/mol. The number of anilines is 1. The minimum absolute atomic E-state index is 0.0985. The molecule has 0 fully saturated rings. The van der Waals surface area contributed by atoms with Gasteiger partial charge in [-0.2, -0.15) is 5.10 Å². The largest absolute Gasteiger partial charge is 0.304 e. The molecule has 4 nitrogen and oxygen atoms in total. The normalized spacial score (nSPS) is 10.9. The van der Waals surface area contributed by atoms with Crippen LogP contribution in [0.15, 0.2) is 60.7 Å². The molecule has 0 bridgehead atoms. The van der Waals surface area contributed by atoms with Crippen LogP contribution < -0.4 is 5.32 Å². The highest BCUT2D eigenvalue weighted by Gasteiger charge is 2.15. The van der Waals surface area contributed by atoms with Crippen LogP contribution in [0.4, 0.5) is 19.0 Å². The molecule has 134 valence electrons. The Morgan fingerprint density at radius 3 is 2.52 bits per heavy atom. The predicted octanol–water partition coefficient (Wildman–Crippen LogP) is 4.90. The number of fused-ring (bicyclic) bond motifs is 1. The Labute approximate surface area is 151 Å². The standard InChI is InChI=1S/C20H12F3N3O/c21-12-6-8-13(17(23)10-12)11-5-7-15-18(9-11)25-26-19(15)24-20(27)14-3-1-2-4-16(14)22/h1-10H,(H2,24,25,26,27). The lowest BCUT2D eigenvalue weighted by atomic mass is 10.0. The Morgan fingerprint density at radius 2 is 1.74 bits per heavy atom. The predicted molar refractivity (Wildman–Crippen MR) is 95.8 cm³/mol. The molecule has 1 aromatic heterocycles. The highest BCUT2D eigenvalue weighted by atomic mass is 19.1. The van der Waals surface area contributed by atoms with Gasteiger partial charge in [0.05, 0.1) is 11.1 Å². The van der Waals surface area contributed by atoms with E-state index in [1.807, 2.05) is 0 Å². The Kier molecular flexibility index (Phi) is 4.12. The monoisotopic (exact) mass is 367 g/mol. The summed E-state index contributed by atoms with van der Waals surface area (Å²) < 4.78 is 40.8. The molecule has 7 heteroatoms. The van der Waals surface area contributed by atoms with E-state index in [0.717, 1.165) is 6.07 Å². The van der Waals surface area contributed by atoms with Crippen LogP contribution in [-0.2, 0) is 0 Å². The summed E-state index contributed by atoms with van der Waals surface area (Å²) >= 11 is 0. The summed E-state index contributed by atoms with van der Waals surface area (Å²) in [6, 6.07) is 13.9. The fourth-order valence-corrected chi connectivity index (χ4v) is 2.83. The molecule has 0 atom stereocenters. The first kappa shape index (κ1) is 16.8. The molecule has 0 aliphatic rings. The maximum atomic E-state index is 14.0. The molecule has 2 N–H and O–H groups in total. The molecule has 4 aromatic rings. The van der Waals surface area contributed by atoms with Gasteiger partial charge in [0.2, 0.25) is 0 Å². The molecule has 0 saturated carbocycles. The van der Waals surface area contributed by atoms with Gasteiger partial charge in [-0.3, -0.25) is 9.89 Å². The SMILES string of the molecule is O=C(Nc1n[nH]c2cc(-c3ccc(F)cc3F)ccc12)c1ccccc1F. The van der Waals surface area contributed by atoms with Crippen LogP contribution in [0, 0.1) is 17.5 Å². The highest BCUT2D eigenvalue weighted by Crippen LogP contribution is 2.29. The van der Waals surface area contributed by atoms with Gasteiger partial charge in [-0.15, -0.1) is 0 Å². The van der Waals surface area contributed by atoms with Gasteiger partial charge in [-0.05, 0) is 42.0 Å². The first-order valence-corrected chi connectivity index (χ1v) is 8.02. The summed E-state index contributed by atoms with van der Waals surface area (Å²) in [5, 5.41) is 9.90. The van der Waals surface area contributed by atoms with Gasteiger partial charge < -0.3 is 5.32 Å². The van der Waals surface area contributed by atoms with Crippen LogP contribution in [0.25, 0.3) is 22.0 Å². The van der Waals surface area contributed by atoms with Crippen LogP contribution in [0.3, 0.4) is 0 Å². The molecule has 0 radical (unpaired) electrons. The average molecular weight is 367 g/mol. The smallest absolute Gasteiger partial charge is 0.259 e. The number of H-pyrrole nitrogens is 1. The second-order valence-corrected chi connectivity index (χ2v) is 5.89. The van der Waals surface area contributed by atoms with Gasteiger partial charge >= 0.3 is 0 Å². The summed E-state index contributed by atoms with van der Waals surface area (Å²) in [5.74, 6) is -2.37. The zero-order chi connectivity index (χ0) is 19.0. The number of carbonyl (C=O) groups excluding carboxylic acids is 1. The summed E-state index contributed by atoms with van der Waals surface area (Å²) in [4.78, 5) is 12.3. The van der Waals surface area contributed by atoms with Crippen LogP contribution in [-0.4, -0.2) is 16.1 Å². The van der Waals surface area contributed by atoms with Crippen molar-refractivity contribution < 1.29 is 18.0 Å². The van der Waals surface area contributed by atoms with Crippen molar-refractivity contribution in [3.05, 3.63) is 83.7 Å². The summed E-state index contributed by atoms with van der Waals surface area (Å²) in [7, 11) is 0. The van der Waals surface area contributed by atoms with Gasteiger partial charge in [0.25, 0.3) is 5.91 Å². The van der Waals surface area contributed by atoms with Crippen molar-refractivity contribution in [3.63, 3.8) is 0 Å². The topological polar surface area (TPSA) is 57.8 Å². The second-order valence-electron chi connectivity index (χ2n) is 5.89. The van der Waals surface area contributed by atoms with Crippen molar-refractivity contribution in [2.75, 3.05) is 5.32 Å². The van der Waals surface area contributed by atoms with Crippen molar-refractivity contribution in [1.29, 1.82) is 0 Å². The summed E-state index contributed by atoms with van der Waals surface area (Å²) in [6.45, 7) is 0. The van der Waals surface area contributed by atoms with Crippen molar-refractivity contribution >= 4 is 22.6 Å². The van der Waals surface area contributed by atoms with Crippen molar-refractivity contribution in [3.8, 4) is 11.1 Å². The van der Waals surface area contributed by atoms with E-state index in [0.29, 0.717) is 16.5 Å². The fourth-order valence-electron chi connectivity index (χ4n) is 2.83. The van der Waals surface area contributed by atoms with Crippen molar-refractivity contribution in [2.45, 2.75) is 0 Å². The van der Waals surface area contributed by atoms with Crippen molar-refractivity contribution in [2.24, 2.45) is 0 Å². The number of rotatable bonds is 3. The lowest BCUT2D eigenvalue weighted by molar-refractivity contribution is 0.102. The Hall–Kier alpha value is -3.61. The van der Waals surface area contributed by atoms with Crippen LogP contribution in [0.1, 0.15) is 10.4 Å². The first-order chi connectivity index (χ1) is 13.0.